The molecule has 4 rings (SSSR count). The number of hydrogen-bond donors (Lipinski definition) is 1. The maximum atomic E-state index is 15.1. The molecule has 0 bridgehead atoms. The summed E-state index contributed by atoms with van der Waals surface area (Å²) in [5, 5.41) is 3.94. The number of nitrogens with one attached hydrogen (secondary N) is 1. The number of rotatable bonds is 7. The quantitative estimate of drug-likeness (QED) is 0.449. The first kappa shape index (κ1) is 20.7. The van der Waals surface area contributed by atoms with Crippen LogP contribution in [0, 0.1) is 0 Å². The van der Waals surface area contributed by atoms with Gasteiger partial charge in [-0.1, -0.05) is 78.9 Å². The fourth-order valence-electron chi connectivity index (χ4n) is 3.15. The van der Waals surface area contributed by atoms with Gasteiger partial charge in [0.1, 0.15) is 5.69 Å². The van der Waals surface area contributed by atoms with E-state index in [0.29, 0.717) is 11.1 Å². The van der Waals surface area contributed by atoms with Gasteiger partial charge in [-0.2, -0.15) is 26.8 Å². The lowest BCUT2D eigenvalue weighted by Crippen LogP contribution is -2.26. The van der Waals surface area contributed by atoms with Gasteiger partial charge in [-0.25, -0.2) is 0 Å². The fraction of sp³-hybridized carbons (Fsp3) is 0.0870. The molecule has 0 aliphatic heterocycles. The van der Waals surface area contributed by atoms with Gasteiger partial charge in [0.25, 0.3) is 15.9 Å². The molecule has 0 saturated carbocycles. The molecule has 31 heavy (non-hydrogen) atoms. The minimum Gasteiger partial charge on any atom is -0.200 e. The van der Waals surface area contributed by atoms with Crippen molar-refractivity contribution in [2.24, 2.45) is 0 Å². The van der Waals surface area contributed by atoms with E-state index in [4.69, 9.17) is 0 Å². The van der Waals surface area contributed by atoms with Gasteiger partial charge in [0.05, 0.1) is 10.6 Å². The zero-order valence-electron chi connectivity index (χ0n) is 16.3. The first-order valence-corrected chi connectivity index (χ1v) is 11.0. The molecule has 1 aromatic heterocycles. The highest BCUT2D eigenvalue weighted by Crippen LogP contribution is 2.33. The number of hydrogen-bond acceptors (Lipinski definition) is 3. The minimum absolute atomic E-state index is 0.00195. The second-order valence-electron chi connectivity index (χ2n) is 6.97. The van der Waals surface area contributed by atoms with Gasteiger partial charge in [0.15, 0.2) is 0 Å². The zero-order chi connectivity index (χ0) is 21.9. The molecule has 1 N–H and O–H groups in total. The topological polar surface area (TPSA) is 64.0 Å². The molecule has 0 radical (unpaired) electrons. The van der Waals surface area contributed by atoms with Crippen LogP contribution in [-0.2, 0) is 22.4 Å². The summed E-state index contributed by atoms with van der Waals surface area (Å²) in [6.07, 6.45) is -0.551. The summed E-state index contributed by atoms with van der Waals surface area (Å²) in [5.74, 6) is -3.30. The Labute approximate surface area is 179 Å². The summed E-state index contributed by atoms with van der Waals surface area (Å²) in [7, 11) is -4.03. The molecule has 0 spiro atoms. The van der Waals surface area contributed by atoms with Crippen molar-refractivity contribution >= 4 is 10.0 Å². The van der Waals surface area contributed by atoms with Gasteiger partial charge >= 0.3 is 0 Å². The van der Waals surface area contributed by atoms with Crippen molar-refractivity contribution in [3.05, 3.63) is 108 Å². The molecule has 0 fully saturated rings. The van der Waals surface area contributed by atoms with Crippen LogP contribution in [0.25, 0.3) is 11.3 Å². The van der Waals surface area contributed by atoms with Crippen molar-refractivity contribution in [2.45, 2.75) is 17.2 Å². The molecule has 4 aromatic rings. The Morgan fingerprint density at radius 2 is 1.39 bits per heavy atom. The van der Waals surface area contributed by atoms with E-state index in [1.807, 2.05) is 0 Å². The minimum atomic E-state index is -4.03. The maximum Gasteiger partial charge on any atom is 0.295 e. The molecule has 1 heterocycles. The van der Waals surface area contributed by atoms with Crippen LogP contribution < -0.4 is 4.83 Å². The Morgan fingerprint density at radius 3 is 2.00 bits per heavy atom. The molecule has 0 unspecified atom stereocenters. The molecule has 0 aliphatic rings. The maximum absolute atomic E-state index is 15.1. The Balaban J connectivity index is 1.75. The number of halogens is 2. The number of sulfonamides is 1. The van der Waals surface area contributed by atoms with Gasteiger partial charge < -0.3 is 0 Å². The van der Waals surface area contributed by atoms with Crippen LogP contribution in [-0.4, -0.2) is 18.3 Å². The van der Waals surface area contributed by atoms with E-state index >= 15 is 8.78 Å². The smallest absolute Gasteiger partial charge is 0.200 e. The average molecular weight is 439 g/mol. The van der Waals surface area contributed by atoms with Crippen molar-refractivity contribution in [1.29, 1.82) is 0 Å². The van der Waals surface area contributed by atoms with Gasteiger partial charge in [-0.05, 0) is 23.8 Å². The zero-order valence-corrected chi connectivity index (χ0v) is 17.1. The van der Waals surface area contributed by atoms with Crippen LogP contribution in [0.15, 0.2) is 102 Å². The second-order valence-corrected chi connectivity index (χ2v) is 8.63. The Hall–Kier alpha value is -3.52. The van der Waals surface area contributed by atoms with E-state index in [1.54, 1.807) is 78.9 Å². The van der Waals surface area contributed by atoms with E-state index < -0.39 is 28.1 Å². The lowest BCUT2D eigenvalue weighted by molar-refractivity contribution is -0.00876. The van der Waals surface area contributed by atoms with Crippen molar-refractivity contribution in [3.8, 4) is 11.3 Å². The molecule has 0 amide bonds. The van der Waals surface area contributed by atoms with E-state index in [9.17, 15) is 8.42 Å². The van der Waals surface area contributed by atoms with Gasteiger partial charge in [-0.15, -0.1) is 5.10 Å². The van der Waals surface area contributed by atoms with Crippen LogP contribution >= 0.6 is 0 Å². The Morgan fingerprint density at radius 1 is 0.839 bits per heavy atom. The summed E-state index contributed by atoms with van der Waals surface area (Å²) in [5.41, 5.74) is 0.689. The summed E-state index contributed by atoms with van der Waals surface area (Å²) in [6, 6.07) is 25.9. The first-order chi connectivity index (χ1) is 14.9. The van der Waals surface area contributed by atoms with Gasteiger partial charge in [-0.3, -0.25) is 0 Å². The van der Waals surface area contributed by atoms with Crippen molar-refractivity contribution in [2.75, 3.05) is 4.83 Å². The van der Waals surface area contributed by atoms with Crippen molar-refractivity contribution < 1.29 is 17.2 Å². The van der Waals surface area contributed by atoms with Crippen LogP contribution in [0.4, 0.5) is 8.78 Å². The lowest BCUT2D eigenvalue weighted by atomic mass is 10.0. The highest BCUT2D eigenvalue weighted by Gasteiger charge is 2.36. The molecule has 0 saturated heterocycles. The van der Waals surface area contributed by atoms with Crippen LogP contribution in [0.1, 0.15) is 11.3 Å². The lowest BCUT2D eigenvalue weighted by Gasteiger charge is -2.14. The molecule has 3 aromatic carbocycles. The molecule has 0 atom stereocenters. The third kappa shape index (κ3) is 4.64. The average Bonchev–Trinajstić information content (AvgIpc) is 3.19. The first-order valence-electron chi connectivity index (χ1n) is 9.51. The number of aromatic nitrogens is 2. The number of nitrogens with zero attached hydrogens (tertiary/aromatic N) is 2. The molecule has 0 aliphatic carbocycles. The third-order valence-corrected chi connectivity index (χ3v) is 5.99. The standard InChI is InChI=1S/C23H19F2N3O2S/c24-23(25,17-18-10-4-1-5-11-18)22-16-21(19-12-6-2-7-13-19)28(26-22)27-31(29,30)20-14-8-3-9-15-20/h1-16,27H,17H2. The number of alkyl halides is 2. The largest absolute Gasteiger partial charge is 0.295 e. The summed E-state index contributed by atoms with van der Waals surface area (Å²) in [4.78, 5) is 3.20. The predicted octanol–water partition coefficient (Wildman–Crippen LogP) is 4.82. The molecule has 8 heteroatoms. The molecule has 158 valence electrons. The summed E-state index contributed by atoms with van der Waals surface area (Å²) in [6.45, 7) is 0. The SMILES string of the molecule is O=S(=O)(Nn1nc(C(F)(F)Cc2ccccc2)cc1-c1ccccc1)c1ccccc1. The van der Waals surface area contributed by atoms with Crippen molar-refractivity contribution in [3.63, 3.8) is 0 Å². The van der Waals surface area contributed by atoms with E-state index in [0.717, 1.165) is 4.79 Å². The normalized spacial score (nSPS) is 11.9. The monoisotopic (exact) mass is 439 g/mol. The molecular formula is C23H19F2N3O2S. The summed E-state index contributed by atoms with van der Waals surface area (Å²) >= 11 is 0. The third-order valence-electron chi connectivity index (χ3n) is 4.68. The fourth-order valence-corrected chi connectivity index (χ4v) is 4.14. The van der Waals surface area contributed by atoms with Crippen LogP contribution in [0.5, 0.6) is 0 Å². The highest BCUT2D eigenvalue weighted by molar-refractivity contribution is 7.92. The predicted molar refractivity (Wildman–Crippen MR) is 115 cm³/mol. The molecule has 5 nitrogen and oxygen atoms in total. The Bertz CT molecular complexity index is 1260. The van der Waals surface area contributed by atoms with Crippen LogP contribution in [0.3, 0.4) is 0 Å². The summed E-state index contributed by atoms with van der Waals surface area (Å²) < 4.78 is 55.7. The van der Waals surface area contributed by atoms with E-state index in [1.165, 1.54) is 18.2 Å². The van der Waals surface area contributed by atoms with E-state index in [2.05, 4.69) is 9.93 Å². The van der Waals surface area contributed by atoms with Crippen LogP contribution in [0.2, 0.25) is 0 Å². The highest BCUT2D eigenvalue weighted by atomic mass is 32.2. The van der Waals surface area contributed by atoms with E-state index in [-0.39, 0.29) is 10.6 Å². The Kier molecular flexibility index (Phi) is 5.56. The van der Waals surface area contributed by atoms with Crippen molar-refractivity contribution in [1.82, 2.24) is 9.89 Å². The van der Waals surface area contributed by atoms with Gasteiger partial charge in [0, 0.05) is 12.0 Å². The van der Waals surface area contributed by atoms with Gasteiger partial charge in [0.2, 0.25) is 0 Å². The molecular weight excluding hydrogens is 420 g/mol. The number of benzene rings is 3. The second kappa shape index (κ2) is 8.31.